The summed E-state index contributed by atoms with van der Waals surface area (Å²) in [5.74, 6) is -0.262. The molecule has 0 aliphatic heterocycles. The van der Waals surface area contributed by atoms with Crippen molar-refractivity contribution in [3.05, 3.63) is 65.7 Å². The second-order valence-electron chi connectivity index (χ2n) is 5.97. The van der Waals surface area contributed by atoms with Crippen molar-refractivity contribution in [3.63, 3.8) is 0 Å². The fourth-order valence-electron chi connectivity index (χ4n) is 3.05. The Bertz CT molecular complexity index is 1070. The van der Waals surface area contributed by atoms with Gasteiger partial charge < -0.3 is 14.8 Å². The zero-order valence-corrected chi connectivity index (χ0v) is 13.0. The standard InChI is InChI=1S/C19H15FN2O2/c1-22-10-14-8-13-7-12(6-11-2-4-15(20)5-3-11)9-21-17(13)18(23)16(14)19(22)24/h2-5,7-10,23-24H,6H2,1H3. The Balaban J connectivity index is 1.83. The van der Waals surface area contributed by atoms with Crippen molar-refractivity contribution in [2.45, 2.75) is 6.42 Å². The second kappa shape index (κ2) is 5.23. The number of phenolic OH excluding ortho intramolecular Hbond substituents is 1. The van der Waals surface area contributed by atoms with Crippen LogP contribution in [0, 0.1) is 5.82 Å². The van der Waals surface area contributed by atoms with Crippen molar-refractivity contribution in [1.29, 1.82) is 0 Å². The van der Waals surface area contributed by atoms with Gasteiger partial charge in [0, 0.05) is 30.2 Å². The predicted molar refractivity (Wildman–Crippen MR) is 90.8 cm³/mol. The summed E-state index contributed by atoms with van der Waals surface area (Å²) in [4.78, 5) is 4.35. The SMILES string of the molecule is Cn1cc2cc3cc(Cc4ccc(F)cc4)cnc3c(O)c2c1O. The monoisotopic (exact) mass is 322 g/mol. The van der Waals surface area contributed by atoms with Gasteiger partial charge in [0.15, 0.2) is 5.75 Å². The Kier molecular flexibility index (Phi) is 3.16. The highest BCUT2D eigenvalue weighted by molar-refractivity contribution is 6.05. The maximum atomic E-state index is 13.0. The molecule has 0 bridgehead atoms. The summed E-state index contributed by atoms with van der Waals surface area (Å²) < 4.78 is 14.6. The fourth-order valence-corrected chi connectivity index (χ4v) is 3.05. The van der Waals surface area contributed by atoms with Crippen LogP contribution in [0.4, 0.5) is 4.39 Å². The number of aromatic nitrogens is 2. The molecule has 0 fully saturated rings. The highest BCUT2D eigenvalue weighted by atomic mass is 19.1. The summed E-state index contributed by atoms with van der Waals surface area (Å²) in [5, 5.41) is 22.4. The first-order chi connectivity index (χ1) is 11.5. The zero-order chi connectivity index (χ0) is 16.8. The van der Waals surface area contributed by atoms with Gasteiger partial charge in [0.05, 0.1) is 5.39 Å². The van der Waals surface area contributed by atoms with Gasteiger partial charge in [-0.25, -0.2) is 4.39 Å². The number of aromatic hydroxyl groups is 2. The lowest BCUT2D eigenvalue weighted by atomic mass is 10.0. The third-order valence-corrected chi connectivity index (χ3v) is 4.25. The summed E-state index contributed by atoms with van der Waals surface area (Å²) in [6.07, 6.45) is 4.08. The molecular formula is C19H15FN2O2. The molecule has 4 nitrogen and oxygen atoms in total. The van der Waals surface area contributed by atoms with Gasteiger partial charge in [-0.1, -0.05) is 12.1 Å². The number of phenols is 1. The van der Waals surface area contributed by atoms with E-state index in [0.717, 1.165) is 21.9 Å². The molecule has 0 radical (unpaired) electrons. The topological polar surface area (TPSA) is 58.3 Å². The molecular weight excluding hydrogens is 307 g/mol. The van der Waals surface area contributed by atoms with Gasteiger partial charge in [0.25, 0.3) is 0 Å². The van der Waals surface area contributed by atoms with Gasteiger partial charge in [0.1, 0.15) is 11.3 Å². The van der Waals surface area contributed by atoms with Crippen LogP contribution < -0.4 is 0 Å². The number of benzene rings is 2. The Hall–Kier alpha value is -3.08. The van der Waals surface area contributed by atoms with E-state index in [0.29, 0.717) is 17.3 Å². The normalized spacial score (nSPS) is 11.4. The molecule has 2 N–H and O–H groups in total. The molecule has 2 aromatic carbocycles. The van der Waals surface area contributed by atoms with Crippen molar-refractivity contribution in [2.24, 2.45) is 7.05 Å². The Morgan fingerprint density at radius 2 is 1.79 bits per heavy atom. The quantitative estimate of drug-likeness (QED) is 0.589. The average Bonchev–Trinajstić information content (AvgIpc) is 2.84. The maximum absolute atomic E-state index is 13.0. The average molecular weight is 322 g/mol. The summed E-state index contributed by atoms with van der Waals surface area (Å²) in [5.41, 5.74) is 2.40. The molecule has 0 atom stereocenters. The lowest BCUT2D eigenvalue weighted by molar-refractivity contribution is 0.432. The minimum Gasteiger partial charge on any atom is -0.505 e. The first-order valence-corrected chi connectivity index (χ1v) is 7.56. The first-order valence-electron chi connectivity index (χ1n) is 7.56. The van der Waals surface area contributed by atoms with Gasteiger partial charge >= 0.3 is 0 Å². The summed E-state index contributed by atoms with van der Waals surface area (Å²) in [6, 6.07) is 10.2. The number of halogens is 1. The molecule has 4 aromatic rings. The van der Waals surface area contributed by atoms with Crippen molar-refractivity contribution >= 4 is 21.7 Å². The van der Waals surface area contributed by atoms with E-state index in [9.17, 15) is 14.6 Å². The van der Waals surface area contributed by atoms with E-state index in [2.05, 4.69) is 4.98 Å². The van der Waals surface area contributed by atoms with Gasteiger partial charge in [-0.2, -0.15) is 0 Å². The van der Waals surface area contributed by atoms with Crippen LogP contribution in [0.2, 0.25) is 0 Å². The molecule has 0 unspecified atom stereocenters. The molecule has 0 amide bonds. The van der Waals surface area contributed by atoms with Gasteiger partial charge in [-0.05, 0) is 41.8 Å². The lowest BCUT2D eigenvalue weighted by Gasteiger charge is -2.06. The third kappa shape index (κ3) is 2.25. The largest absolute Gasteiger partial charge is 0.505 e. The summed E-state index contributed by atoms with van der Waals surface area (Å²) in [7, 11) is 1.72. The van der Waals surface area contributed by atoms with Crippen LogP contribution in [0.25, 0.3) is 21.7 Å². The van der Waals surface area contributed by atoms with Crippen LogP contribution >= 0.6 is 0 Å². The van der Waals surface area contributed by atoms with E-state index >= 15 is 0 Å². The first kappa shape index (κ1) is 14.5. The lowest BCUT2D eigenvalue weighted by Crippen LogP contribution is -1.91. The van der Waals surface area contributed by atoms with Crippen molar-refractivity contribution in [2.75, 3.05) is 0 Å². The molecule has 120 valence electrons. The number of aryl methyl sites for hydroxylation is 1. The Labute approximate surface area is 137 Å². The van der Waals surface area contributed by atoms with Gasteiger partial charge in [-0.3, -0.25) is 4.98 Å². The van der Waals surface area contributed by atoms with Crippen LogP contribution in [0.1, 0.15) is 11.1 Å². The van der Waals surface area contributed by atoms with Crippen LogP contribution in [0.15, 0.2) is 48.8 Å². The van der Waals surface area contributed by atoms with E-state index < -0.39 is 0 Å². The molecule has 0 saturated heterocycles. The molecule has 0 aliphatic carbocycles. The Morgan fingerprint density at radius 3 is 2.54 bits per heavy atom. The molecule has 0 aliphatic rings. The minimum atomic E-state index is -0.258. The molecule has 0 saturated carbocycles. The molecule has 24 heavy (non-hydrogen) atoms. The summed E-state index contributed by atoms with van der Waals surface area (Å²) >= 11 is 0. The smallest absolute Gasteiger partial charge is 0.202 e. The molecule has 4 rings (SSSR count). The van der Waals surface area contributed by atoms with Gasteiger partial charge in [0.2, 0.25) is 5.88 Å². The highest BCUT2D eigenvalue weighted by Gasteiger charge is 2.15. The number of hydrogen-bond donors (Lipinski definition) is 2. The second-order valence-corrected chi connectivity index (χ2v) is 5.97. The Morgan fingerprint density at radius 1 is 1.04 bits per heavy atom. The van der Waals surface area contributed by atoms with Crippen LogP contribution in [-0.2, 0) is 13.5 Å². The fraction of sp³-hybridized carbons (Fsp3) is 0.105. The van der Waals surface area contributed by atoms with Crippen molar-refractivity contribution < 1.29 is 14.6 Å². The number of nitrogens with zero attached hydrogens (tertiary/aromatic N) is 2. The number of fused-ring (bicyclic) bond motifs is 2. The van der Waals surface area contributed by atoms with E-state index in [1.54, 1.807) is 36.1 Å². The van der Waals surface area contributed by atoms with Crippen LogP contribution in [-0.4, -0.2) is 19.8 Å². The minimum absolute atomic E-state index is 0.0154. The molecule has 2 aromatic heterocycles. The van der Waals surface area contributed by atoms with Gasteiger partial charge in [-0.15, -0.1) is 0 Å². The number of rotatable bonds is 2. The van der Waals surface area contributed by atoms with Crippen molar-refractivity contribution in [1.82, 2.24) is 9.55 Å². The molecule has 0 spiro atoms. The summed E-state index contributed by atoms with van der Waals surface area (Å²) in [6.45, 7) is 0. The van der Waals surface area contributed by atoms with E-state index in [1.165, 1.54) is 12.1 Å². The third-order valence-electron chi connectivity index (χ3n) is 4.25. The molecule has 5 heteroatoms. The van der Waals surface area contributed by atoms with Crippen LogP contribution in [0.5, 0.6) is 11.6 Å². The number of pyridine rings is 1. The highest BCUT2D eigenvalue weighted by Crippen LogP contribution is 2.39. The predicted octanol–water partition coefficient (Wildman–Crippen LogP) is 3.87. The van der Waals surface area contributed by atoms with Crippen molar-refractivity contribution in [3.8, 4) is 11.6 Å². The maximum Gasteiger partial charge on any atom is 0.202 e. The van der Waals surface area contributed by atoms with E-state index in [-0.39, 0.29) is 17.4 Å². The van der Waals surface area contributed by atoms with E-state index in [1.807, 2.05) is 12.1 Å². The number of hydrogen-bond acceptors (Lipinski definition) is 3. The van der Waals surface area contributed by atoms with Crippen LogP contribution in [0.3, 0.4) is 0 Å². The molecule has 2 heterocycles. The van der Waals surface area contributed by atoms with E-state index in [4.69, 9.17) is 0 Å². The zero-order valence-electron chi connectivity index (χ0n) is 13.0.